The van der Waals surface area contributed by atoms with E-state index in [0.29, 0.717) is 11.8 Å². The van der Waals surface area contributed by atoms with Gasteiger partial charge in [-0.15, -0.1) is 0 Å². The van der Waals surface area contributed by atoms with Crippen LogP contribution in [0.3, 0.4) is 0 Å². The normalized spacial score (nSPS) is 25.0. The first-order chi connectivity index (χ1) is 13.2. The average molecular weight is 404 g/mol. The van der Waals surface area contributed by atoms with Crippen LogP contribution in [0.15, 0.2) is 24.3 Å². The molecule has 0 atom stereocenters. The predicted molar refractivity (Wildman–Crippen MR) is 115 cm³/mol. The first kappa shape index (κ1) is 19.8. The van der Waals surface area contributed by atoms with Crippen LogP contribution in [0.2, 0.25) is 0 Å². The molecule has 1 aliphatic heterocycles. The third-order valence-electron chi connectivity index (χ3n) is 7.67. The zero-order valence-corrected chi connectivity index (χ0v) is 18.4. The Hall–Kier alpha value is -0.450. The third-order valence-corrected chi connectivity index (χ3v) is 12.3. The van der Waals surface area contributed by atoms with Crippen molar-refractivity contribution in [1.82, 2.24) is 0 Å². The first-order valence-corrected chi connectivity index (χ1v) is 14.1. The Bertz CT molecular complexity index is 674. The van der Waals surface area contributed by atoms with Crippen LogP contribution in [-0.4, -0.2) is 12.3 Å². The first-order valence-electron chi connectivity index (χ1n) is 11.2. The zero-order chi connectivity index (χ0) is 18.7. The molecule has 1 aromatic rings. The summed E-state index contributed by atoms with van der Waals surface area (Å²) >= 11 is 0. The Kier molecular flexibility index (Phi) is 6.25. The Morgan fingerprint density at radius 3 is 1.81 bits per heavy atom. The van der Waals surface area contributed by atoms with Crippen LogP contribution >= 0.6 is 15.6 Å². The lowest BCUT2D eigenvalue weighted by molar-refractivity contribution is 0.170. The summed E-state index contributed by atoms with van der Waals surface area (Å²) in [5.74, 6) is 0.952. The topological polar surface area (TPSA) is 34.1 Å². The highest BCUT2D eigenvalue weighted by molar-refractivity contribution is 7.72. The van der Waals surface area contributed by atoms with Gasteiger partial charge in [-0.3, -0.25) is 4.57 Å². The molecule has 4 rings (SSSR count). The van der Waals surface area contributed by atoms with Crippen molar-refractivity contribution in [1.29, 1.82) is 0 Å². The largest absolute Gasteiger partial charge is 0.319 e. The van der Waals surface area contributed by atoms with Crippen molar-refractivity contribution in [2.24, 2.45) is 11.8 Å². The summed E-state index contributed by atoms with van der Waals surface area (Å²) in [5, 5.41) is 0.791. The van der Waals surface area contributed by atoms with Crippen molar-refractivity contribution in [2.75, 3.05) is 12.3 Å². The van der Waals surface area contributed by atoms with Gasteiger partial charge in [-0.1, -0.05) is 62.8 Å². The van der Waals surface area contributed by atoms with Gasteiger partial charge in [-0.25, -0.2) is 0 Å². The molecule has 0 bridgehead atoms. The molecule has 3 fully saturated rings. The van der Waals surface area contributed by atoms with E-state index >= 15 is 0 Å². The van der Waals surface area contributed by atoms with E-state index in [0.717, 1.165) is 30.5 Å². The number of hydrogen-bond donors (Lipinski definition) is 0. The van der Waals surface area contributed by atoms with E-state index in [1.165, 1.54) is 69.8 Å². The van der Waals surface area contributed by atoms with Crippen molar-refractivity contribution in [3.8, 4) is 0 Å². The fourth-order valence-corrected chi connectivity index (χ4v) is 10.7. The Morgan fingerprint density at radius 1 is 0.778 bits per heavy atom. The van der Waals surface area contributed by atoms with E-state index in [1.807, 2.05) is 0 Å². The second kappa shape index (κ2) is 8.51. The molecule has 0 unspecified atom stereocenters. The Labute approximate surface area is 166 Å². The highest BCUT2D eigenvalue weighted by Gasteiger charge is 2.50. The van der Waals surface area contributed by atoms with Crippen molar-refractivity contribution in [2.45, 2.75) is 82.2 Å². The van der Waals surface area contributed by atoms with Crippen LogP contribution in [0, 0.1) is 11.8 Å². The molecule has 148 valence electrons. The molecule has 2 aliphatic carbocycles. The van der Waals surface area contributed by atoms with Gasteiger partial charge in [0, 0.05) is 17.6 Å². The highest BCUT2D eigenvalue weighted by atomic mass is 31.2. The summed E-state index contributed by atoms with van der Waals surface area (Å²) in [5.41, 5.74) is 1.21. The lowest BCUT2D eigenvalue weighted by Gasteiger charge is -2.46. The predicted octanol–water partition coefficient (Wildman–Crippen LogP) is 7.12. The highest BCUT2D eigenvalue weighted by Crippen LogP contribution is 2.60. The third kappa shape index (κ3) is 3.62. The molecule has 1 saturated heterocycles. The van der Waals surface area contributed by atoms with Crippen LogP contribution in [-0.2, 0) is 14.3 Å². The molecule has 4 heteroatoms. The minimum atomic E-state index is -2.32. The molecule has 1 aromatic carbocycles. The number of rotatable bonds is 5. The second-order valence-electron chi connectivity index (χ2n) is 9.15. The molecule has 1 heterocycles. The molecule has 0 spiro atoms. The van der Waals surface area contributed by atoms with Crippen LogP contribution in [0.4, 0.5) is 0 Å². The summed E-state index contributed by atoms with van der Waals surface area (Å²) in [6, 6.07) is 8.51. The van der Waals surface area contributed by atoms with Crippen molar-refractivity contribution >= 4 is 20.9 Å². The van der Waals surface area contributed by atoms with Gasteiger partial charge in [0.15, 0.2) is 8.46 Å². The van der Waals surface area contributed by atoms with E-state index in [4.69, 9.17) is 0 Å². The van der Waals surface area contributed by atoms with E-state index in [1.54, 1.807) is 0 Å². The molecule has 0 N–H and O–H groups in total. The molecule has 0 aromatic heterocycles. The van der Waals surface area contributed by atoms with E-state index in [2.05, 4.69) is 24.3 Å². The molecular formula is C23H34O2P2. The maximum Gasteiger partial charge on any atom is 0.167 e. The summed E-state index contributed by atoms with van der Waals surface area (Å²) in [6.07, 6.45) is 16.3. The summed E-state index contributed by atoms with van der Waals surface area (Å²) in [6.45, 7) is 0. The van der Waals surface area contributed by atoms with Crippen LogP contribution in [0.1, 0.15) is 82.6 Å². The maximum atomic E-state index is 13.9. The van der Waals surface area contributed by atoms with Gasteiger partial charge in [0.25, 0.3) is 0 Å². The fourth-order valence-electron chi connectivity index (χ4n) is 6.31. The monoisotopic (exact) mass is 404 g/mol. The lowest BCUT2D eigenvalue weighted by Crippen LogP contribution is -2.42. The van der Waals surface area contributed by atoms with Gasteiger partial charge in [-0.2, -0.15) is 0 Å². The van der Waals surface area contributed by atoms with Gasteiger partial charge >= 0.3 is 0 Å². The molecule has 27 heavy (non-hydrogen) atoms. The molecule has 2 saturated carbocycles. The van der Waals surface area contributed by atoms with Gasteiger partial charge in [0.1, 0.15) is 7.14 Å². The van der Waals surface area contributed by atoms with Crippen LogP contribution < -0.4 is 5.30 Å². The second-order valence-corrected chi connectivity index (χ2v) is 13.2. The van der Waals surface area contributed by atoms with Crippen molar-refractivity contribution in [3.63, 3.8) is 0 Å². The molecule has 2 nitrogen and oxygen atoms in total. The van der Waals surface area contributed by atoms with Gasteiger partial charge in [0.05, 0.1) is 5.16 Å². The van der Waals surface area contributed by atoms with E-state index in [-0.39, 0.29) is 13.6 Å². The van der Waals surface area contributed by atoms with Gasteiger partial charge < -0.3 is 4.57 Å². The summed E-state index contributed by atoms with van der Waals surface area (Å²) in [4.78, 5) is 0. The van der Waals surface area contributed by atoms with E-state index < -0.39 is 7.14 Å². The van der Waals surface area contributed by atoms with Crippen LogP contribution in [0.5, 0.6) is 0 Å². The van der Waals surface area contributed by atoms with Crippen molar-refractivity contribution < 1.29 is 9.13 Å². The molecule has 3 aliphatic rings. The van der Waals surface area contributed by atoms with Crippen molar-refractivity contribution in [3.05, 3.63) is 29.8 Å². The quantitative estimate of drug-likeness (QED) is 0.490. The van der Waals surface area contributed by atoms with E-state index in [9.17, 15) is 9.13 Å². The Balaban J connectivity index is 1.86. The number of benzene rings is 1. The number of hydrogen-bond acceptors (Lipinski definition) is 2. The zero-order valence-electron chi connectivity index (χ0n) is 16.6. The molecular weight excluding hydrogens is 370 g/mol. The lowest BCUT2D eigenvalue weighted by atomic mass is 9.66. The van der Waals surface area contributed by atoms with Gasteiger partial charge in [-0.05, 0) is 55.9 Å². The van der Waals surface area contributed by atoms with Crippen LogP contribution in [0.25, 0.3) is 0 Å². The SMILES string of the molecule is O=PC(c1ccccc1P1(=O)CCCC1)(C1CCCCC1)C1CCCCC1. The summed E-state index contributed by atoms with van der Waals surface area (Å²) < 4.78 is 27.0. The fraction of sp³-hybridized carbons (Fsp3) is 0.739. The minimum Gasteiger partial charge on any atom is -0.319 e. The smallest absolute Gasteiger partial charge is 0.167 e. The Morgan fingerprint density at radius 2 is 1.30 bits per heavy atom. The standard InChI is InChI=1S/C23H34O2P2/c24-26-23(19-11-3-1-4-12-19,20-13-5-2-6-14-20)21-15-7-8-16-22(21)27(25)17-9-10-18-27/h7-8,15-16,19-20H,1-6,9-14,17-18H2. The average Bonchev–Trinajstić information content (AvgIpc) is 3.19. The van der Waals surface area contributed by atoms with Gasteiger partial charge in [0.2, 0.25) is 0 Å². The maximum absolute atomic E-state index is 13.9. The molecule has 0 radical (unpaired) electrons. The molecule has 0 amide bonds. The minimum absolute atomic E-state index is 0.285. The summed E-state index contributed by atoms with van der Waals surface area (Å²) in [7, 11) is -2.03.